The van der Waals surface area contributed by atoms with Gasteiger partial charge in [0, 0.05) is 23.2 Å². The lowest BCUT2D eigenvalue weighted by Crippen LogP contribution is -2.03. The van der Waals surface area contributed by atoms with Gasteiger partial charge in [0.25, 0.3) is 0 Å². The van der Waals surface area contributed by atoms with Gasteiger partial charge in [-0.15, -0.1) is 0 Å². The van der Waals surface area contributed by atoms with Crippen LogP contribution >= 0.6 is 0 Å². The summed E-state index contributed by atoms with van der Waals surface area (Å²) in [5, 5.41) is 0.909. The number of ether oxygens (including phenoxy) is 2. The van der Waals surface area contributed by atoms with Gasteiger partial charge in [-0.2, -0.15) is 0 Å². The van der Waals surface area contributed by atoms with Crippen molar-refractivity contribution in [2.24, 2.45) is 5.92 Å². The molecule has 1 aliphatic carbocycles. The highest BCUT2D eigenvalue weighted by atomic mass is 19.1. The second kappa shape index (κ2) is 7.12. The number of halogens is 1. The number of allylic oxidation sites excluding steroid dienone is 2. The summed E-state index contributed by atoms with van der Waals surface area (Å²) < 4.78 is 25.7. The Morgan fingerprint density at radius 2 is 1.82 bits per heavy atom. The van der Waals surface area contributed by atoms with Crippen molar-refractivity contribution in [2.45, 2.75) is 13.3 Å². The van der Waals surface area contributed by atoms with Crippen LogP contribution in [0.1, 0.15) is 23.6 Å². The topological polar surface area (TPSA) is 31.4 Å². The highest BCUT2D eigenvalue weighted by Crippen LogP contribution is 2.41. The summed E-state index contributed by atoms with van der Waals surface area (Å²) in [5.41, 5.74) is 5.17. The van der Waals surface area contributed by atoms with Crippen molar-refractivity contribution in [3.05, 3.63) is 83.3 Å². The zero-order chi connectivity index (χ0) is 19.8. The molecule has 4 heteroatoms. The van der Waals surface area contributed by atoms with Crippen molar-refractivity contribution in [2.75, 3.05) is 14.2 Å². The SMILES string of the molecule is C=C1C=C(c2ccccc2F)c2c(cnc3cc(OC)c(OC)cc23)CC1C. The first-order valence-electron chi connectivity index (χ1n) is 9.22. The van der Waals surface area contributed by atoms with E-state index in [0.717, 1.165) is 39.6 Å². The molecule has 0 bridgehead atoms. The van der Waals surface area contributed by atoms with E-state index in [9.17, 15) is 4.39 Å². The summed E-state index contributed by atoms with van der Waals surface area (Å²) in [5.74, 6) is 1.22. The van der Waals surface area contributed by atoms with Crippen LogP contribution in [0.2, 0.25) is 0 Å². The first-order valence-corrected chi connectivity index (χ1v) is 9.22. The van der Waals surface area contributed by atoms with Gasteiger partial charge >= 0.3 is 0 Å². The number of pyridine rings is 1. The van der Waals surface area contributed by atoms with Crippen molar-refractivity contribution < 1.29 is 13.9 Å². The van der Waals surface area contributed by atoms with Crippen molar-refractivity contribution in [3.8, 4) is 11.5 Å². The quantitative estimate of drug-likeness (QED) is 0.600. The van der Waals surface area contributed by atoms with Gasteiger partial charge in [-0.1, -0.05) is 43.4 Å². The normalized spacial score (nSPS) is 16.4. The molecule has 1 unspecified atom stereocenters. The second-order valence-electron chi connectivity index (χ2n) is 7.10. The van der Waals surface area contributed by atoms with E-state index < -0.39 is 0 Å². The van der Waals surface area contributed by atoms with E-state index in [4.69, 9.17) is 9.47 Å². The second-order valence-corrected chi connectivity index (χ2v) is 7.10. The maximum absolute atomic E-state index is 14.8. The Kier molecular flexibility index (Phi) is 4.63. The van der Waals surface area contributed by atoms with E-state index in [1.54, 1.807) is 26.4 Å². The molecule has 1 atom stereocenters. The van der Waals surface area contributed by atoms with Crippen LogP contribution in [0.4, 0.5) is 4.39 Å². The van der Waals surface area contributed by atoms with Gasteiger partial charge in [-0.05, 0) is 41.2 Å². The number of hydrogen-bond acceptors (Lipinski definition) is 3. The van der Waals surface area contributed by atoms with E-state index >= 15 is 0 Å². The van der Waals surface area contributed by atoms with Crippen LogP contribution in [0.25, 0.3) is 16.5 Å². The molecular formula is C24H22FNO2. The molecule has 0 saturated heterocycles. The maximum atomic E-state index is 14.8. The van der Waals surface area contributed by atoms with Crippen molar-refractivity contribution >= 4 is 16.5 Å². The third-order valence-electron chi connectivity index (χ3n) is 5.37. The van der Waals surface area contributed by atoms with E-state index in [1.165, 1.54) is 6.07 Å². The molecule has 0 fully saturated rings. The molecule has 0 radical (unpaired) electrons. The van der Waals surface area contributed by atoms with Crippen LogP contribution in [0.3, 0.4) is 0 Å². The molecule has 1 aliphatic rings. The van der Waals surface area contributed by atoms with Gasteiger partial charge in [-0.3, -0.25) is 4.98 Å². The predicted molar refractivity (Wildman–Crippen MR) is 110 cm³/mol. The summed E-state index contributed by atoms with van der Waals surface area (Å²) in [6, 6.07) is 10.6. The molecule has 0 saturated carbocycles. The largest absolute Gasteiger partial charge is 0.493 e. The minimum atomic E-state index is -0.257. The average Bonchev–Trinajstić information content (AvgIpc) is 2.83. The fraction of sp³-hybridized carbons (Fsp3) is 0.208. The van der Waals surface area contributed by atoms with Gasteiger partial charge in [0.05, 0.1) is 19.7 Å². The molecule has 0 spiro atoms. The third-order valence-corrected chi connectivity index (χ3v) is 5.37. The van der Waals surface area contributed by atoms with E-state index in [2.05, 4.69) is 18.5 Å². The molecule has 0 amide bonds. The minimum absolute atomic E-state index is 0.238. The highest BCUT2D eigenvalue weighted by molar-refractivity contribution is 5.99. The number of hydrogen-bond donors (Lipinski definition) is 0. The summed E-state index contributed by atoms with van der Waals surface area (Å²) >= 11 is 0. The molecule has 3 aromatic rings. The van der Waals surface area contributed by atoms with E-state index in [-0.39, 0.29) is 11.7 Å². The Balaban J connectivity index is 2.09. The fourth-order valence-electron chi connectivity index (χ4n) is 3.79. The van der Waals surface area contributed by atoms with E-state index in [1.807, 2.05) is 30.5 Å². The summed E-state index contributed by atoms with van der Waals surface area (Å²) in [4.78, 5) is 4.64. The molecule has 0 N–H and O–H groups in total. The van der Waals surface area contributed by atoms with Crippen LogP contribution in [0, 0.1) is 11.7 Å². The summed E-state index contributed by atoms with van der Waals surface area (Å²) in [7, 11) is 3.21. The number of fused-ring (bicyclic) bond motifs is 3. The molecule has 4 rings (SSSR count). The third kappa shape index (κ3) is 2.95. The molecule has 28 heavy (non-hydrogen) atoms. The van der Waals surface area contributed by atoms with Gasteiger partial charge in [0.2, 0.25) is 0 Å². The van der Waals surface area contributed by atoms with Crippen molar-refractivity contribution in [1.82, 2.24) is 4.98 Å². The van der Waals surface area contributed by atoms with Gasteiger partial charge in [-0.25, -0.2) is 4.39 Å². The predicted octanol–water partition coefficient (Wildman–Crippen LogP) is 5.57. The van der Waals surface area contributed by atoms with Crippen LogP contribution in [-0.4, -0.2) is 19.2 Å². The number of rotatable bonds is 3. The van der Waals surface area contributed by atoms with Crippen LogP contribution in [0.15, 0.2) is 60.8 Å². The molecule has 142 valence electrons. The zero-order valence-electron chi connectivity index (χ0n) is 16.3. The molecule has 1 aromatic heterocycles. The molecular weight excluding hydrogens is 353 g/mol. The molecule has 0 aliphatic heterocycles. The Morgan fingerprint density at radius 3 is 2.54 bits per heavy atom. The lowest BCUT2D eigenvalue weighted by atomic mass is 9.90. The summed E-state index contributed by atoms with van der Waals surface area (Å²) in [6.07, 6.45) is 4.68. The van der Waals surface area contributed by atoms with Crippen LogP contribution < -0.4 is 9.47 Å². The van der Waals surface area contributed by atoms with Gasteiger partial charge < -0.3 is 9.47 Å². The Morgan fingerprint density at radius 1 is 1.11 bits per heavy atom. The average molecular weight is 375 g/mol. The molecule has 1 heterocycles. The van der Waals surface area contributed by atoms with E-state index in [0.29, 0.717) is 17.1 Å². The lowest BCUT2D eigenvalue weighted by Gasteiger charge is -2.17. The first-order chi connectivity index (χ1) is 13.5. The monoisotopic (exact) mass is 375 g/mol. The Hall–Kier alpha value is -3.14. The number of benzene rings is 2. The molecule has 2 aromatic carbocycles. The van der Waals surface area contributed by atoms with Gasteiger partial charge in [0.15, 0.2) is 11.5 Å². The molecule has 3 nitrogen and oxygen atoms in total. The number of nitrogens with zero attached hydrogens (tertiary/aromatic N) is 1. The minimum Gasteiger partial charge on any atom is -0.493 e. The standard InChI is InChI=1S/C24H22FNO2/c1-14-9-16-13-26-21-12-23(28-4)22(27-3)11-19(21)24(16)18(10-15(14)2)17-7-5-6-8-20(17)25/h5-8,10-14H,2,9H2,1,3-4H3. The van der Waals surface area contributed by atoms with Gasteiger partial charge in [0.1, 0.15) is 5.82 Å². The van der Waals surface area contributed by atoms with Crippen molar-refractivity contribution in [3.63, 3.8) is 0 Å². The maximum Gasteiger partial charge on any atom is 0.162 e. The van der Waals surface area contributed by atoms with Crippen molar-refractivity contribution in [1.29, 1.82) is 0 Å². The van der Waals surface area contributed by atoms with Crippen LogP contribution in [-0.2, 0) is 6.42 Å². The Bertz CT molecular complexity index is 1120. The first kappa shape index (κ1) is 18.2. The number of aromatic nitrogens is 1. The lowest BCUT2D eigenvalue weighted by molar-refractivity contribution is 0.356. The zero-order valence-corrected chi connectivity index (χ0v) is 16.3. The fourth-order valence-corrected chi connectivity index (χ4v) is 3.79. The smallest absolute Gasteiger partial charge is 0.162 e. The summed E-state index contributed by atoms with van der Waals surface area (Å²) in [6.45, 7) is 6.35. The van der Waals surface area contributed by atoms with Crippen LogP contribution in [0.5, 0.6) is 11.5 Å². The highest BCUT2D eigenvalue weighted by Gasteiger charge is 2.24. The number of methoxy groups -OCH3 is 2. The Labute approximate surface area is 164 Å².